The molecular formula is C14H14ClNO4S2. The minimum Gasteiger partial charge on any atom is -0.207 e. The lowest BCUT2D eigenvalue weighted by Gasteiger charge is -2.08. The summed E-state index contributed by atoms with van der Waals surface area (Å²) in [6.45, 7) is 2.05. The van der Waals surface area contributed by atoms with Gasteiger partial charge in [0, 0.05) is 17.2 Å². The second kappa shape index (κ2) is 6.37. The van der Waals surface area contributed by atoms with E-state index in [9.17, 15) is 16.8 Å². The molecule has 0 unspecified atom stereocenters. The van der Waals surface area contributed by atoms with Gasteiger partial charge in [-0.2, -0.15) is 0 Å². The molecule has 0 radical (unpaired) electrons. The summed E-state index contributed by atoms with van der Waals surface area (Å²) >= 11 is 0. The largest absolute Gasteiger partial charge is 0.261 e. The Hall–Kier alpha value is -1.41. The predicted octanol–water partition coefficient (Wildman–Crippen LogP) is 2.40. The van der Waals surface area contributed by atoms with Crippen molar-refractivity contribution in [3.8, 4) is 0 Å². The fraction of sp³-hybridized carbons (Fsp3) is 0.143. The van der Waals surface area contributed by atoms with Crippen LogP contribution in [0.4, 0.5) is 0 Å². The molecule has 0 aliphatic heterocycles. The van der Waals surface area contributed by atoms with Crippen LogP contribution in [-0.4, -0.2) is 16.8 Å². The fourth-order valence-electron chi connectivity index (χ4n) is 1.76. The van der Waals surface area contributed by atoms with E-state index >= 15 is 0 Å². The Labute approximate surface area is 134 Å². The van der Waals surface area contributed by atoms with Crippen molar-refractivity contribution < 1.29 is 16.8 Å². The van der Waals surface area contributed by atoms with Crippen LogP contribution in [0.5, 0.6) is 0 Å². The Morgan fingerprint density at radius 1 is 0.955 bits per heavy atom. The first-order valence-electron chi connectivity index (χ1n) is 6.28. The zero-order valence-corrected chi connectivity index (χ0v) is 14.0. The first kappa shape index (κ1) is 17.0. The summed E-state index contributed by atoms with van der Waals surface area (Å²) in [6, 6.07) is 12.3. The average molecular weight is 360 g/mol. The van der Waals surface area contributed by atoms with Gasteiger partial charge in [0.15, 0.2) is 0 Å². The highest BCUT2D eigenvalue weighted by atomic mass is 35.7. The van der Waals surface area contributed by atoms with E-state index in [0.29, 0.717) is 0 Å². The van der Waals surface area contributed by atoms with E-state index in [1.165, 1.54) is 18.2 Å². The Balaban J connectivity index is 2.22. The zero-order chi connectivity index (χ0) is 16.4. The van der Waals surface area contributed by atoms with Gasteiger partial charge in [0.2, 0.25) is 10.0 Å². The zero-order valence-electron chi connectivity index (χ0n) is 11.7. The van der Waals surface area contributed by atoms with Gasteiger partial charge in [-0.3, -0.25) is 0 Å². The number of rotatable bonds is 5. The van der Waals surface area contributed by atoms with Crippen LogP contribution in [0.25, 0.3) is 0 Å². The summed E-state index contributed by atoms with van der Waals surface area (Å²) in [6.07, 6.45) is 0. The highest BCUT2D eigenvalue weighted by molar-refractivity contribution is 8.13. The number of halogens is 1. The lowest BCUT2D eigenvalue weighted by atomic mass is 10.2. The maximum Gasteiger partial charge on any atom is 0.261 e. The van der Waals surface area contributed by atoms with E-state index in [1.54, 1.807) is 0 Å². The summed E-state index contributed by atoms with van der Waals surface area (Å²) < 4.78 is 49.4. The Morgan fingerprint density at radius 3 is 2.14 bits per heavy atom. The maximum absolute atomic E-state index is 12.2. The summed E-state index contributed by atoms with van der Waals surface area (Å²) in [5.41, 5.74) is 1.88. The summed E-state index contributed by atoms with van der Waals surface area (Å²) in [7, 11) is -2.58. The standard InChI is InChI=1S/C14H14ClNO4S2/c1-11-5-7-12(8-6-11)10-16-22(19,20)14-4-2-3-13(9-14)21(15,17)18/h2-9,16H,10H2,1H3. The molecule has 1 N–H and O–H groups in total. The third kappa shape index (κ3) is 4.30. The van der Waals surface area contributed by atoms with Gasteiger partial charge in [-0.15, -0.1) is 0 Å². The molecular weight excluding hydrogens is 346 g/mol. The molecule has 0 spiro atoms. The molecule has 8 heteroatoms. The molecule has 2 aromatic rings. The third-order valence-corrected chi connectivity index (χ3v) is 5.73. The van der Waals surface area contributed by atoms with Crippen LogP contribution < -0.4 is 4.72 Å². The van der Waals surface area contributed by atoms with Crippen LogP contribution in [0, 0.1) is 6.92 Å². The van der Waals surface area contributed by atoms with Gasteiger partial charge in [-0.25, -0.2) is 21.6 Å². The molecule has 0 amide bonds. The van der Waals surface area contributed by atoms with Crippen LogP contribution in [0.1, 0.15) is 11.1 Å². The van der Waals surface area contributed by atoms with Crippen molar-refractivity contribution in [2.45, 2.75) is 23.3 Å². The predicted molar refractivity (Wildman–Crippen MR) is 84.7 cm³/mol. The van der Waals surface area contributed by atoms with Crippen molar-refractivity contribution in [3.05, 3.63) is 59.7 Å². The van der Waals surface area contributed by atoms with Gasteiger partial charge in [0.1, 0.15) is 0 Å². The minimum absolute atomic E-state index is 0.112. The fourth-order valence-corrected chi connectivity index (χ4v) is 3.70. The summed E-state index contributed by atoms with van der Waals surface area (Å²) in [4.78, 5) is -0.409. The van der Waals surface area contributed by atoms with Gasteiger partial charge in [0.05, 0.1) is 9.79 Å². The number of hydrogen-bond acceptors (Lipinski definition) is 4. The van der Waals surface area contributed by atoms with Crippen LogP contribution >= 0.6 is 10.7 Å². The minimum atomic E-state index is -3.98. The quantitative estimate of drug-likeness (QED) is 0.831. The van der Waals surface area contributed by atoms with Crippen molar-refractivity contribution in [1.82, 2.24) is 4.72 Å². The molecule has 0 aliphatic carbocycles. The number of sulfonamides is 1. The Kier molecular flexibility index (Phi) is 4.91. The van der Waals surface area contributed by atoms with E-state index in [-0.39, 0.29) is 16.3 Å². The van der Waals surface area contributed by atoms with Crippen molar-refractivity contribution >= 4 is 29.8 Å². The van der Waals surface area contributed by atoms with Gasteiger partial charge < -0.3 is 0 Å². The molecule has 0 aromatic heterocycles. The average Bonchev–Trinajstić information content (AvgIpc) is 2.46. The first-order valence-corrected chi connectivity index (χ1v) is 10.1. The van der Waals surface area contributed by atoms with Crippen LogP contribution in [0.15, 0.2) is 58.3 Å². The van der Waals surface area contributed by atoms with Gasteiger partial charge in [0.25, 0.3) is 9.05 Å². The highest BCUT2D eigenvalue weighted by Gasteiger charge is 2.17. The molecule has 2 rings (SSSR count). The lowest BCUT2D eigenvalue weighted by Crippen LogP contribution is -2.23. The van der Waals surface area contributed by atoms with Crippen molar-refractivity contribution in [3.63, 3.8) is 0 Å². The van der Waals surface area contributed by atoms with Crippen molar-refractivity contribution in [1.29, 1.82) is 0 Å². The summed E-state index contributed by atoms with van der Waals surface area (Å²) in [5.74, 6) is 0. The number of hydrogen-bond donors (Lipinski definition) is 1. The number of aryl methyl sites for hydroxylation is 1. The lowest BCUT2D eigenvalue weighted by molar-refractivity contribution is 0.581. The normalized spacial score (nSPS) is 12.3. The molecule has 2 aromatic carbocycles. The molecule has 0 fully saturated rings. The van der Waals surface area contributed by atoms with Gasteiger partial charge in [-0.05, 0) is 30.7 Å². The molecule has 0 saturated carbocycles. The van der Waals surface area contributed by atoms with Crippen molar-refractivity contribution in [2.24, 2.45) is 0 Å². The summed E-state index contributed by atoms with van der Waals surface area (Å²) in [5, 5.41) is 0. The molecule has 0 atom stereocenters. The topological polar surface area (TPSA) is 80.3 Å². The first-order chi connectivity index (χ1) is 10.2. The smallest absolute Gasteiger partial charge is 0.207 e. The highest BCUT2D eigenvalue weighted by Crippen LogP contribution is 2.19. The molecule has 0 heterocycles. The molecule has 0 aliphatic rings. The van der Waals surface area contributed by atoms with Crippen molar-refractivity contribution in [2.75, 3.05) is 0 Å². The Morgan fingerprint density at radius 2 is 1.55 bits per heavy atom. The molecule has 0 saturated heterocycles. The second-order valence-electron chi connectivity index (χ2n) is 4.72. The monoisotopic (exact) mass is 359 g/mol. The van der Waals surface area contributed by atoms with Crippen LogP contribution in [-0.2, 0) is 25.6 Å². The van der Waals surface area contributed by atoms with E-state index in [0.717, 1.165) is 17.2 Å². The molecule has 118 valence electrons. The van der Waals surface area contributed by atoms with Crippen LogP contribution in [0.3, 0.4) is 0 Å². The van der Waals surface area contributed by atoms with Crippen LogP contribution in [0.2, 0.25) is 0 Å². The third-order valence-electron chi connectivity index (χ3n) is 2.98. The second-order valence-corrected chi connectivity index (χ2v) is 9.06. The van der Waals surface area contributed by atoms with E-state index in [4.69, 9.17) is 10.7 Å². The number of nitrogens with one attached hydrogen (secondary N) is 1. The van der Waals surface area contributed by atoms with Gasteiger partial charge in [-0.1, -0.05) is 35.9 Å². The van der Waals surface area contributed by atoms with E-state index < -0.39 is 19.1 Å². The Bertz CT molecular complexity index is 875. The number of benzene rings is 2. The van der Waals surface area contributed by atoms with E-state index in [2.05, 4.69) is 4.72 Å². The molecule has 5 nitrogen and oxygen atoms in total. The molecule has 0 bridgehead atoms. The van der Waals surface area contributed by atoms with E-state index in [1.807, 2.05) is 31.2 Å². The maximum atomic E-state index is 12.2. The SMILES string of the molecule is Cc1ccc(CNS(=O)(=O)c2cccc(S(=O)(=O)Cl)c2)cc1. The van der Waals surface area contributed by atoms with Gasteiger partial charge >= 0.3 is 0 Å². The molecule has 22 heavy (non-hydrogen) atoms.